The normalized spacial score (nSPS) is 20.1. The van der Waals surface area contributed by atoms with Crippen LogP contribution in [0.25, 0.3) is 10.8 Å². The van der Waals surface area contributed by atoms with Gasteiger partial charge in [-0.15, -0.1) is 0 Å². The summed E-state index contributed by atoms with van der Waals surface area (Å²) in [6, 6.07) is 13.8. The highest BCUT2D eigenvalue weighted by Gasteiger charge is 2.28. The zero-order valence-corrected chi connectivity index (χ0v) is 17.2. The SMILES string of the molecule is CC(=O)NCC1CCC(C(=O)NC(Cc2ccc3ccccc3c2)C(C)=O)CC1. The molecule has 0 aromatic heterocycles. The molecule has 0 bridgehead atoms. The van der Waals surface area contributed by atoms with Crippen LogP contribution >= 0.6 is 0 Å². The number of ketones is 1. The monoisotopic (exact) mass is 394 g/mol. The van der Waals surface area contributed by atoms with Crippen LogP contribution in [0.4, 0.5) is 0 Å². The highest BCUT2D eigenvalue weighted by atomic mass is 16.2. The van der Waals surface area contributed by atoms with E-state index in [1.165, 1.54) is 13.8 Å². The fraction of sp³-hybridized carbons (Fsp3) is 0.458. The lowest BCUT2D eigenvalue weighted by Gasteiger charge is -2.29. The van der Waals surface area contributed by atoms with Gasteiger partial charge >= 0.3 is 0 Å². The number of hydrogen-bond donors (Lipinski definition) is 2. The fourth-order valence-electron chi connectivity index (χ4n) is 4.10. The summed E-state index contributed by atoms with van der Waals surface area (Å²) in [5.41, 5.74) is 1.04. The van der Waals surface area contributed by atoms with E-state index in [-0.39, 0.29) is 23.5 Å². The molecule has 1 aliphatic carbocycles. The molecule has 0 aliphatic heterocycles. The number of benzene rings is 2. The van der Waals surface area contributed by atoms with Gasteiger partial charge in [0.05, 0.1) is 6.04 Å². The fourth-order valence-corrected chi connectivity index (χ4v) is 4.10. The van der Waals surface area contributed by atoms with Crippen molar-refractivity contribution in [3.63, 3.8) is 0 Å². The third kappa shape index (κ3) is 5.89. The summed E-state index contributed by atoms with van der Waals surface area (Å²) in [7, 11) is 0. The van der Waals surface area contributed by atoms with Crippen LogP contribution in [0.3, 0.4) is 0 Å². The molecular weight excluding hydrogens is 364 g/mol. The molecule has 5 nitrogen and oxygen atoms in total. The molecular formula is C24H30N2O3. The molecule has 2 N–H and O–H groups in total. The third-order valence-electron chi connectivity index (χ3n) is 5.92. The van der Waals surface area contributed by atoms with E-state index in [9.17, 15) is 14.4 Å². The second-order valence-electron chi connectivity index (χ2n) is 8.21. The van der Waals surface area contributed by atoms with Crippen molar-refractivity contribution in [1.29, 1.82) is 0 Å². The first-order valence-electron chi connectivity index (χ1n) is 10.5. The molecule has 1 aliphatic rings. The van der Waals surface area contributed by atoms with Crippen LogP contribution in [0.2, 0.25) is 0 Å². The Balaban J connectivity index is 1.56. The number of fused-ring (bicyclic) bond motifs is 1. The van der Waals surface area contributed by atoms with E-state index >= 15 is 0 Å². The van der Waals surface area contributed by atoms with Gasteiger partial charge in [-0.3, -0.25) is 14.4 Å². The largest absolute Gasteiger partial charge is 0.356 e. The van der Waals surface area contributed by atoms with Crippen LogP contribution in [0.15, 0.2) is 42.5 Å². The lowest BCUT2D eigenvalue weighted by molar-refractivity contribution is -0.130. The summed E-state index contributed by atoms with van der Waals surface area (Å²) < 4.78 is 0. The molecule has 0 spiro atoms. The first-order chi connectivity index (χ1) is 13.9. The Morgan fingerprint density at radius 3 is 2.31 bits per heavy atom. The van der Waals surface area contributed by atoms with Gasteiger partial charge in [0.15, 0.2) is 5.78 Å². The van der Waals surface area contributed by atoms with Crippen molar-refractivity contribution in [2.45, 2.75) is 52.0 Å². The van der Waals surface area contributed by atoms with Gasteiger partial charge in [-0.05, 0) is 61.3 Å². The molecule has 1 unspecified atom stereocenters. The summed E-state index contributed by atoms with van der Waals surface area (Å²) in [6.07, 6.45) is 3.96. The van der Waals surface area contributed by atoms with Crippen LogP contribution < -0.4 is 10.6 Å². The number of hydrogen-bond acceptors (Lipinski definition) is 3. The van der Waals surface area contributed by atoms with Gasteiger partial charge in [-0.1, -0.05) is 42.5 Å². The van der Waals surface area contributed by atoms with E-state index in [4.69, 9.17) is 0 Å². The van der Waals surface area contributed by atoms with Gasteiger partial charge in [-0.25, -0.2) is 0 Å². The van der Waals surface area contributed by atoms with Crippen molar-refractivity contribution in [2.75, 3.05) is 6.54 Å². The molecule has 2 amide bonds. The van der Waals surface area contributed by atoms with Crippen molar-refractivity contribution in [2.24, 2.45) is 11.8 Å². The van der Waals surface area contributed by atoms with Crippen LogP contribution in [-0.2, 0) is 20.8 Å². The Labute approximate surface area is 172 Å². The minimum Gasteiger partial charge on any atom is -0.356 e. The maximum Gasteiger partial charge on any atom is 0.223 e. The predicted octanol–water partition coefficient (Wildman–Crippen LogP) is 3.40. The lowest BCUT2D eigenvalue weighted by Crippen LogP contribution is -2.45. The number of nitrogens with one attached hydrogen (secondary N) is 2. The minimum atomic E-state index is -0.499. The van der Waals surface area contributed by atoms with Gasteiger partial charge in [0, 0.05) is 19.4 Å². The van der Waals surface area contributed by atoms with Crippen molar-refractivity contribution >= 4 is 28.4 Å². The van der Waals surface area contributed by atoms with Crippen LogP contribution in [0.1, 0.15) is 45.1 Å². The molecule has 1 fully saturated rings. The second-order valence-corrected chi connectivity index (χ2v) is 8.21. The zero-order valence-electron chi connectivity index (χ0n) is 17.2. The van der Waals surface area contributed by atoms with Crippen LogP contribution in [0.5, 0.6) is 0 Å². The molecule has 1 saturated carbocycles. The summed E-state index contributed by atoms with van der Waals surface area (Å²) in [4.78, 5) is 36.0. The number of carbonyl (C=O) groups is 3. The number of amides is 2. The van der Waals surface area contributed by atoms with Crippen molar-refractivity contribution in [3.8, 4) is 0 Å². The number of Topliss-reactive ketones (excluding diaryl/α,β-unsaturated/α-hetero) is 1. The van der Waals surface area contributed by atoms with E-state index < -0.39 is 6.04 Å². The second kappa shape index (κ2) is 9.68. The minimum absolute atomic E-state index is 0.0112. The number of rotatable bonds is 7. The van der Waals surface area contributed by atoms with Gasteiger partial charge in [0.1, 0.15) is 0 Å². The molecule has 154 valence electrons. The summed E-state index contributed by atoms with van der Waals surface area (Å²) >= 11 is 0. The Morgan fingerprint density at radius 1 is 0.966 bits per heavy atom. The molecule has 0 radical (unpaired) electrons. The Hall–Kier alpha value is -2.69. The number of carbonyl (C=O) groups excluding carboxylic acids is 3. The standard InChI is InChI=1S/C24H30N2O3/c1-16(27)23(14-19-9-10-20-5-3-4-6-22(20)13-19)26-24(29)21-11-7-18(8-12-21)15-25-17(2)28/h3-6,9-10,13,18,21,23H,7-8,11-12,14-15H2,1-2H3,(H,25,28)(H,26,29). The van der Waals surface area contributed by atoms with Gasteiger partial charge in [-0.2, -0.15) is 0 Å². The van der Waals surface area contributed by atoms with E-state index in [1.54, 1.807) is 0 Å². The smallest absolute Gasteiger partial charge is 0.223 e. The zero-order chi connectivity index (χ0) is 20.8. The van der Waals surface area contributed by atoms with Gasteiger partial charge in [0.25, 0.3) is 0 Å². The maximum absolute atomic E-state index is 12.8. The average molecular weight is 395 g/mol. The van der Waals surface area contributed by atoms with Crippen molar-refractivity contribution in [3.05, 3.63) is 48.0 Å². The van der Waals surface area contributed by atoms with Crippen molar-refractivity contribution < 1.29 is 14.4 Å². The summed E-state index contributed by atoms with van der Waals surface area (Å²) in [5, 5.41) is 8.15. The first kappa shape index (κ1) is 21.0. The Kier molecular flexibility index (Phi) is 7.02. The topological polar surface area (TPSA) is 75.3 Å². The molecule has 2 aromatic carbocycles. The van der Waals surface area contributed by atoms with Crippen LogP contribution in [0, 0.1) is 11.8 Å². The predicted molar refractivity (Wildman–Crippen MR) is 114 cm³/mol. The molecule has 29 heavy (non-hydrogen) atoms. The van der Waals surface area contributed by atoms with E-state index in [0.29, 0.717) is 18.9 Å². The quantitative estimate of drug-likeness (QED) is 0.756. The molecule has 5 heteroatoms. The molecule has 0 saturated heterocycles. The van der Waals surface area contributed by atoms with Crippen molar-refractivity contribution in [1.82, 2.24) is 10.6 Å². The van der Waals surface area contributed by atoms with E-state index in [2.05, 4.69) is 34.9 Å². The molecule has 0 heterocycles. The lowest BCUT2D eigenvalue weighted by atomic mass is 9.81. The van der Waals surface area contributed by atoms with Crippen LogP contribution in [-0.4, -0.2) is 30.2 Å². The van der Waals surface area contributed by atoms with Gasteiger partial charge in [0.2, 0.25) is 11.8 Å². The molecule has 1 atom stereocenters. The third-order valence-corrected chi connectivity index (χ3v) is 5.92. The molecule has 3 rings (SSSR count). The maximum atomic E-state index is 12.8. The molecule has 2 aromatic rings. The first-order valence-corrected chi connectivity index (χ1v) is 10.5. The average Bonchev–Trinajstić information content (AvgIpc) is 2.72. The summed E-state index contributed by atoms with van der Waals surface area (Å²) in [5.74, 6) is 0.323. The van der Waals surface area contributed by atoms with E-state index in [1.807, 2.05) is 18.2 Å². The van der Waals surface area contributed by atoms with E-state index in [0.717, 1.165) is 42.0 Å². The highest BCUT2D eigenvalue weighted by molar-refractivity contribution is 5.89. The summed E-state index contributed by atoms with van der Waals surface area (Å²) in [6.45, 7) is 3.74. The highest BCUT2D eigenvalue weighted by Crippen LogP contribution is 2.28. The Morgan fingerprint density at radius 2 is 1.66 bits per heavy atom. The Bertz CT molecular complexity index is 885. The van der Waals surface area contributed by atoms with Gasteiger partial charge < -0.3 is 10.6 Å².